The van der Waals surface area contributed by atoms with Crippen LogP contribution < -0.4 is 4.74 Å². The molecule has 2 rings (SSSR count). The summed E-state index contributed by atoms with van der Waals surface area (Å²) in [6.45, 7) is 1.89. The number of carboxylic acids is 1. The van der Waals surface area contributed by atoms with Gasteiger partial charge < -0.3 is 14.7 Å². The number of benzene rings is 2. The van der Waals surface area contributed by atoms with Gasteiger partial charge in [-0.25, -0.2) is 4.79 Å². The average Bonchev–Trinajstić information content (AvgIpc) is 2.54. The Hall–Kier alpha value is -2.82. The van der Waals surface area contributed by atoms with Gasteiger partial charge in [-0.3, -0.25) is 0 Å². The average molecular weight is 299 g/mol. The van der Waals surface area contributed by atoms with Gasteiger partial charge in [0.25, 0.3) is 0 Å². The van der Waals surface area contributed by atoms with Crippen molar-refractivity contribution in [1.29, 1.82) is 0 Å². The van der Waals surface area contributed by atoms with Gasteiger partial charge in [0.05, 0.1) is 6.21 Å². The first-order valence-electron chi connectivity index (χ1n) is 6.84. The van der Waals surface area contributed by atoms with Crippen molar-refractivity contribution in [3.05, 3.63) is 65.7 Å². The van der Waals surface area contributed by atoms with Crippen molar-refractivity contribution in [2.75, 3.05) is 0 Å². The Bertz CT molecular complexity index is 623. The first-order chi connectivity index (χ1) is 10.6. The van der Waals surface area contributed by atoms with Gasteiger partial charge in [-0.1, -0.05) is 35.5 Å². The van der Waals surface area contributed by atoms with Crippen LogP contribution in [0, 0.1) is 0 Å². The second-order valence-electron chi connectivity index (χ2n) is 4.66. The number of oxime groups is 1. The molecule has 2 aromatic rings. The van der Waals surface area contributed by atoms with Crippen LogP contribution in [0.3, 0.4) is 0 Å². The van der Waals surface area contributed by atoms with E-state index in [4.69, 9.17) is 14.7 Å². The Kier molecular flexibility index (Phi) is 5.54. The number of carboxylic acid groups (broad SMARTS) is 1. The van der Waals surface area contributed by atoms with Crippen LogP contribution >= 0.6 is 0 Å². The number of nitrogens with zero attached hydrogens (tertiary/aromatic N) is 1. The van der Waals surface area contributed by atoms with E-state index in [1.165, 1.54) is 6.92 Å². The second-order valence-corrected chi connectivity index (χ2v) is 4.66. The maximum absolute atomic E-state index is 10.7. The normalized spacial score (nSPS) is 12.0. The molecule has 0 aliphatic carbocycles. The van der Waals surface area contributed by atoms with Crippen LogP contribution in [0.1, 0.15) is 18.1 Å². The van der Waals surface area contributed by atoms with Gasteiger partial charge in [0.15, 0.2) is 6.10 Å². The largest absolute Gasteiger partial charge is 0.479 e. The van der Waals surface area contributed by atoms with Gasteiger partial charge >= 0.3 is 5.97 Å². The van der Waals surface area contributed by atoms with Gasteiger partial charge in [-0.2, -0.15) is 0 Å². The molecule has 0 saturated carbocycles. The highest BCUT2D eigenvalue weighted by Gasteiger charge is 2.11. The fourth-order valence-corrected chi connectivity index (χ4v) is 1.67. The van der Waals surface area contributed by atoms with E-state index >= 15 is 0 Å². The fraction of sp³-hybridized carbons (Fsp3) is 0.176. The highest BCUT2D eigenvalue weighted by Crippen LogP contribution is 2.13. The lowest BCUT2D eigenvalue weighted by atomic mass is 10.2. The lowest BCUT2D eigenvalue weighted by Gasteiger charge is -2.09. The topological polar surface area (TPSA) is 68.1 Å². The third kappa shape index (κ3) is 4.94. The van der Waals surface area contributed by atoms with Crippen molar-refractivity contribution in [3.63, 3.8) is 0 Å². The molecule has 5 nitrogen and oxygen atoms in total. The highest BCUT2D eigenvalue weighted by molar-refractivity contribution is 5.79. The summed E-state index contributed by atoms with van der Waals surface area (Å²) in [7, 11) is 0. The number of rotatable bonds is 7. The Morgan fingerprint density at radius 1 is 1.18 bits per heavy atom. The summed E-state index contributed by atoms with van der Waals surface area (Å²) in [6.07, 6.45) is 0.710. The molecule has 0 spiro atoms. The minimum absolute atomic E-state index is 0.411. The summed E-state index contributed by atoms with van der Waals surface area (Å²) in [5.41, 5.74) is 1.88. The van der Waals surface area contributed by atoms with Crippen molar-refractivity contribution in [1.82, 2.24) is 0 Å². The highest BCUT2D eigenvalue weighted by atomic mass is 16.6. The molecular weight excluding hydrogens is 282 g/mol. The van der Waals surface area contributed by atoms with Crippen molar-refractivity contribution in [2.24, 2.45) is 5.16 Å². The predicted octanol–water partition coefficient (Wildman–Crippen LogP) is 3.09. The van der Waals surface area contributed by atoms with E-state index in [0.717, 1.165) is 11.1 Å². The maximum Gasteiger partial charge on any atom is 0.344 e. The number of hydrogen-bond donors (Lipinski definition) is 1. The van der Waals surface area contributed by atoms with Crippen molar-refractivity contribution in [3.8, 4) is 5.75 Å². The first-order valence-corrected chi connectivity index (χ1v) is 6.84. The molecule has 0 bridgehead atoms. The Balaban J connectivity index is 1.83. The first kappa shape index (κ1) is 15.6. The molecular formula is C17H17NO4. The molecule has 0 saturated heterocycles. The van der Waals surface area contributed by atoms with Gasteiger partial charge in [-0.15, -0.1) is 0 Å². The molecule has 2 aromatic carbocycles. The van der Waals surface area contributed by atoms with E-state index in [0.29, 0.717) is 12.4 Å². The smallest absolute Gasteiger partial charge is 0.344 e. The Morgan fingerprint density at radius 3 is 2.50 bits per heavy atom. The van der Waals surface area contributed by atoms with E-state index in [9.17, 15) is 4.79 Å². The van der Waals surface area contributed by atoms with Crippen LogP contribution in [0.25, 0.3) is 0 Å². The van der Waals surface area contributed by atoms with E-state index in [-0.39, 0.29) is 0 Å². The van der Waals surface area contributed by atoms with Crippen LogP contribution in [-0.2, 0) is 16.2 Å². The quantitative estimate of drug-likeness (QED) is 0.630. The molecule has 0 amide bonds. The monoisotopic (exact) mass is 299 g/mol. The minimum atomic E-state index is -1.00. The van der Waals surface area contributed by atoms with Crippen molar-refractivity contribution >= 4 is 12.2 Å². The van der Waals surface area contributed by atoms with Crippen molar-refractivity contribution in [2.45, 2.75) is 19.6 Å². The lowest BCUT2D eigenvalue weighted by molar-refractivity contribution is -0.144. The summed E-state index contributed by atoms with van der Waals surface area (Å²) in [6, 6.07) is 16.7. The maximum atomic E-state index is 10.7. The zero-order valence-corrected chi connectivity index (χ0v) is 12.2. The Morgan fingerprint density at radius 2 is 1.86 bits per heavy atom. The molecule has 114 valence electrons. The molecule has 1 N–H and O–H groups in total. The summed E-state index contributed by atoms with van der Waals surface area (Å²) in [5.74, 6) is -0.503. The van der Waals surface area contributed by atoms with Gasteiger partial charge in [0, 0.05) is 0 Å². The van der Waals surface area contributed by atoms with Crippen molar-refractivity contribution < 1.29 is 19.5 Å². The van der Waals surface area contributed by atoms with Crippen LogP contribution in [0.15, 0.2) is 59.8 Å². The molecule has 0 aliphatic heterocycles. The third-order valence-corrected chi connectivity index (χ3v) is 2.89. The van der Waals surface area contributed by atoms with Crippen LogP contribution in [0.2, 0.25) is 0 Å². The molecule has 1 atom stereocenters. The van der Waals surface area contributed by atoms with Gasteiger partial charge in [-0.05, 0) is 42.3 Å². The molecule has 0 aromatic heterocycles. The van der Waals surface area contributed by atoms with Crippen LogP contribution in [0.4, 0.5) is 0 Å². The number of ether oxygens (including phenoxy) is 1. The van der Waals surface area contributed by atoms with Crippen LogP contribution in [-0.4, -0.2) is 23.4 Å². The molecule has 5 heteroatoms. The van der Waals surface area contributed by atoms with E-state index in [2.05, 4.69) is 5.16 Å². The lowest BCUT2D eigenvalue weighted by Crippen LogP contribution is -2.22. The SMILES string of the molecule is CC(Oc1ccc(/C=N/OCc2ccccc2)cc1)C(=O)O. The van der Waals surface area contributed by atoms with Gasteiger partial charge in [0.2, 0.25) is 0 Å². The fourth-order valence-electron chi connectivity index (χ4n) is 1.67. The number of hydrogen-bond acceptors (Lipinski definition) is 4. The van der Waals surface area contributed by atoms with E-state index in [1.807, 2.05) is 30.3 Å². The molecule has 1 unspecified atom stereocenters. The molecule has 0 radical (unpaired) electrons. The molecule has 0 heterocycles. The summed E-state index contributed by atoms with van der Waals surface area (Å²) in [4.78, 5) is 15.9. The second kappa shape index (κ2) is 7.83. The number of carbonyl (C=O) groups is 1. The molecule has 22 heavy (non-hydrogen) atoms. The minimum Gasteiger partial charge on any atom is -0.479 e. The van der Waals surface area contributed by atoms with Crippen LogP contribution in [0.5, 0.6) is 5.75 Å². The standard InChI is InChI=1S/C17H17NO4/c1-13(17(19)20)22-16-9-7-14(8-10-16)11-18-21-12-15-5-3-2-4-6-15/h2-11,13H,12H2,1H3,(H,19,20)/b18-11+. The predicted molar refractivity (Wildman–Crippen MR) is 83.0 cm³/mol. The molecule has 0 fully saturated rings. The number of aliphatic carboxylic acids is 1. The Labute approximate surface area is 128 Å². The van der Waals surface area contributed by atoms with E-state index in [1.54, 1.807) is 30.5 Å². The summed E-state index contributed by atoms with van der Waals surface area (Å²) >= 11 is 0. The van der Waals surface area contributed by atoms with E-state index < -0.39 is 12.1 Å². The van der Waals surface area contributed by atoms with Gasteiger partial charge in [0.1, 0.15) is 12.4 Å². The zero-order valence-electron chi connectivity index (χ0n) is 12.2. The summed E-state index contributed by atoms with van der Waals surface area (Å²) in [5, 5.41) is 12.7. The molecule has 0 aliphatic rings. The summed E-state index contributed by atoms with van der Waals surface area (Å²) < 4.78 is 5.24. The third-order valence-electron chi connectivity index (χ3n) is 2.89. The zero-order chi connectivity index (χ0) is 15.8.